The molecule has 5 nitrogen and oxygen atoms in total. The zero-order chi connectivity index (χ0) is 15.7. The van der Waals surface area contributed by atoms with Gasteiger partial charge in [0.2, 0.25) is 0 Å². The fourth-order valence-electron chi connectivity index (χ4n) is 2.31. The zero-order valence-corrected chi connectivity index (χ0v) is 14.1. The van der Waals surface area contributed by atoms with Gasteiger partial charge in [-0.1, -0.05) is 6.92 Å². The van der Waals surface area contributed by atoms with E-state index in [0.29, 0.717) is 19.3 Å². The van der Waals surface area contributed by atoms with E-state index in [-0.39, 0.29) is 0 Å². The molecule has 0 fully saturated rings. The van der Waals surface area contributed by atoms with E-state index in [0.717, 1.165) is 37.7 Å². The van der Waals surface area contributed by atoms with Crippen molar-refractivity contribution in [1.82, 2.24) is 10.2 Å². The Morgan fingerprint density at radius 3 is 2.71 bits per heavy atom. The minimum Gasteiger partial charge on any atom is -0.465 e. The normalized spacial score (nSPS) is 13.0. The van der Waals surface area contributed by atoms with Crippen LogP contribution < -0.4 is 5.32 Å². The fraction of sp³-hybridized carbons (Fsp3) is 0.750. The number of ether oxygens (including phenoxy) is 2. The van der Waals surface area contributed by atoms with Gasteiger partial charge in [0.15, 0.2) is 0 Å². The predicted molar refractivity (Wildman–Crippen MR) is 84.4 cm³/mol. The zero-order valence-electron chi connectivity index (χ0n) is 14.1. The van der Waals surface area contributed by atoms with Crippen LogP contribution >= 0.6 is 0 Å². The lowest BCUT2D eigenvalue weighted by molar-refractivity contribution is 0.0662. The van der Waals surface area contributed by atoms with Crippen LogP contribution in [0.1, 0.15) is 30.9 Å². The van der Waals surface area contributed by atoms with Crippen molar-refractivity contribution in [3.63, 3.8) is 0 Å². The van der Waals surface area contributed by atoms with Crippen LogP contribution in [0.3, 0.4) is 0 Å². The van der Waals surface area contributed by atoms with Crippen molar-refractivity contribution >= 4 is 0 Å². The summed E-state index contributed by atoms with van der Waals surface area (Å²) in [6, 6.07) is 2.48. The van der Waals surface area contributed by atoms with Crippen LogP contribution in [0.2, 0.25) is 0 Å². The second-order valence-electron chi connectivity index (χ2n) is 5.34. The van der Waals surface area contributed by atoms with Crippen molar-refractivity contribution in [3.05, 3.63) is 23.2 Å². The molecule has 0 saturated carbocycles. The van der Waals surface area contributed by atoms with E-state index in [4.69, 9.17) is 13.9 Å². The molecule has 1 N–H and O–H groups in total. The molecule has 0 aliphatic carbocycles. The highest BCUT2D eigenvalue weighted by Crippen LogP contribution is 2.17. The van der Waals surface area contributed by atoms with Crippen LogP contribution in [0.25, 0.3) is 0 Å². The lowest BCUT2D eigenvalue weighted by atomic mass is 10.2. The minimum atomic E-state index is 0.327. The summed E-state index contributed by atoms with van der Waals surface area (Å²) in [4.78, 5) is 2.32. The predicted octanol–water partition coefficient (Wildman–Crippen LogP) is 2.18. The van der Waals surface area contributed by atoms with E-state index in [2.05, 4.69) is 30.1 Å². The molecule has 5 heteroatoms. The molecule has 0 radical (unpaired) electrons. The molecular weight excluding hydrogens is 268 g/mol. The first-order valence-corrected chi connectivity index (χ1v) is 7.63. The first-order valence-electron chi connectivity index (χ1n) is 7.63. The number of hydrogen-bond donors (Lipinski definition) is 1. The van der Waals surface area contributed by atoms with Gasteiger partial charge in [-0.3, -0.25) is 4.90 Å². The Bertz CT molecular complexity index is 393. The molecule has 0 aliphatic rings. The number of furan rings is 1. The second-order valence-corrected chi connectivity index (χ2v) is 5.34. The average molecular weight is 298 g/mol. The van der Waals surface area contributed by atoms with E-state index in [1.54, 1.807) is 14.2 Å². The number of rotatable bonds is 11. The van der Waals surface area contributed by atoms with Gasteiger partial charge in [-0.15, -0.1) is 0 Å². The van der Waals surface area contributed by atoms with Crippen molar-refractivity contribution in [1.29, 1.82) is 0 Å². The van der Waals surface area contributed by atoms with Gasteiger partial charge in [0.25, 0.3) is 0 Å². The number of aryl methyl sites for hydroxylation is 1. The molecule has 1 rings (SSSR count). The molecule has 1 aromatic rings. The van der Waals surface area contributed by atoms with Gasteiger partial charge in [-0.25, -0.2) is 0 Å². The molecule has 0 aromatic carbocycles. The lowest BCUT2D eigenvalue weighted by Crippen LogP contribution is -2.37. The summed E-state index contributed by atoms with van der Waals surface area (Å²) in [5.74, 6) is 2.00. The largest absolute Gasteiger partial charge is 0.465 e. The molecule has 21 heavy (non-hydrogen) atoms. The Balaban J connectivity index is 2.68. The summed E-state index contributed by atoms with van der Waals surface area (Å²) in [6.07, 6.45) is 0. The van der Waals surface area contributed by atoms with Gasteiger partial charge in [0.1, 0.15) is 11.5 Å². The van der Waals surface area contributed by atoms with Gasteiger partial charge in [-0.2, -0.15) is 0 Å². The van der Waals surface area contributed by atoms with E-state index in [1.165, 1.54) is 5.56 Å². The minimum absolute atomic E-state index is 0.327. The van der Waals surface area contributed by atoms with Gasteiger partial charge in [0.05, 0.1) is 19.8 Å². The summed E-state index contributed by atoms with van der Waals surface area (Å²) in [6.45, 7) is 11.2. The molecule has 0 bridgehead atoms. The third-order valence-electron chi connectivity index (χ3n) is 3.61. The van der Waals surface area contributed by atoms with Gasteiger partial charge in [-0.05, 0) is 26.5 Å². The fourth-order valence-corrected chi connectivity index (χ4v) is 2.31. The van der Waals surface area contributed by atoms with Crippen LogP contribution in [-0.2, 0) is 22.6 Å². The third-order valence-corrected chi connectivity index (χ3v) is 3.61. The maximum atomic E-state index is 5.89. The molecule has 1 atom stereocenters. The Morgan fingerprint density at radius 2 is 2.10 bits per heavy atom. The first kappa shape index (κ1) is 18.2. The van der Waals surface area contributed by atoms with E-state index in [1.807, 2.05) is 6.92 Å². The van der Waals surface area contributed by atoms with Crippen LogP contribution in [0.15, 0.2) is 10.5 Å². The number of hydrogen-bond acceptors (Lipinski definition) is 5. The maximum absolute atomic E-state index is 5.89. The number of nitrogens with zero attached hydrogens (tertiary/aromatic N) is 1. The molecule has 0 aliphatic heterocycles. The smallest absolute Gasteiger partial charge is 0.118 e. The maximum Gasteiger partial charge on any atom is 0.118 e. The van der Waals surface area contributed by atoms with E-state index >= 15 is 0 Å². The monoisotopic (exact) mass is 298 g/mol. The van der Waals surface area contributed by atoms with Crippen molar-refractivity contribution in [2.75, 3.05) is 40.5 Å². The molecule has 1 unspecified atom stereocenters. The Labute approximate surface area is 128 Å². The van der Waals surface area contributed by atoms with Crippen molar-refractivity contribution in [3.8, 4) is 0 Å². The van der Waals surface area contributed by atoms with Crippen LogP contribution in [0.4, 0.5) is 0 Å². The second kappa shape index (κ2) is 9.95. The van der Waals surface area contributed by atoms with Crippen LogP contribution in [0, 0.1) is 6.92 Å². The quantitative estimate of drug-likeness (QED) is 0.678. The first-order chi connectivity index (χ1) is 10.1. The topological polar surface area (TPSA) is 46.9 Å². The van der Waals surface area contributed by atoms with Gasteiger partial charge in [0, 0.05) is 38.9 Å². The molecular formula is C16H30N2O3. The van der Waals surface area contributed by atoms with E-state index in [9.17, 15) is 0 Å². The summed E-state index contributed by atoms with van der Waals surface area (Å²) in [5, 5.41) is 3.34. The molecule has 122 valence electrons. The lowest BCUT2D eigenvalue weighted by Gasteiger charge is -2.27. The molecule has 1 aromatic heterocycles. The van der Waals surface area contributed by atoms with Gasteiger partial charge < -0.3 is 19.2 Å². The third kappa shape index (κ3) is 6.18. The highest BCUT2D eigenvalue weighted by molar-refractivity contribution is 5.20. The SMILES string of the molecule is CCNCc1cc(CN(CCOC)C(C)COC)oc1C. The molecule has 0 spiro atoms. The Hall–Kier alpha value is -0.880. The van der Waals surface area contributed by atoms with Crippen LogP contribution in [-0.4, -0.2) is 51.5 Å². The summed E-state index contributed by atoms with van der Waals surface area (Å²) < 4.78 is 16.3. The van der Waals surface area contributed by atoms with Crippen molar-refractivity contribution in [2.45, 2.75) is 39.9 Å². The highest BCUT2D eigenvalue weighted by Gasteiger charge is 2.17. The Morgan fingerprint density at radius 1 is 1.33 bits per heavy atom. The molecule has 0 amide bonds. The van der Waals surface area contributed by atoms with Crippen molar-refractivity contribution < 1.29 is 13.9 Å². The molecule has 0 saturated heterocycles. The summed E-state index contributed by atoms with van der Waals surface area (Å²) in [5.41, 5.74) is 1.23. The van der Waals surface area contributed by atoms with Crippen molar-refractivity contribution in [2.24, 2.45) is 0 Å². The number of methoxy groups -OCH3 is 2. The summed E-state index contributed by atoms with van der Waals surface area (Å²) >= 11 is 0. The van der Waals surface area contributed by atoms with Gasteiger partial charge >= 0.3 is 0 Å². The standard InChI is InChI=1S/C16H30N2O3/c1-6-17-10-15-9-16(21-14(15)3)11-18(7-8-19-4)13(2)12-20-5/h9,13,17H,6-8,10-12H2,1-5H3. The number of nitrogens with one attached hydrogen (secondary N) is 1. The van der Waals surface area contributed by atoms with Crippen LogP contribution in [0.5, 0.6) is 0 Å². The Kier molecular flexibility index (Phi) is 8.61. The highest BCUT2D eigenvalue weighted by atomic mass is 16.5. The molecule has 1 heterocycles. The average Bonchev–Trinajstić information content (AvgIpc) is 2.81. The summed E-state index contributed by atoms with van der Waals surface area (Å²) in [7, 11) is 3.46. The van der Waals surface area contributed by atoms with E-state index < -0.39 is 0 Å².